The normalized spacial score (nSPS) is 12.0. The molecule has 1 N–H and O–H groups in total. The van der Waals surface area contributed by atoms with Gasteiger partial charge in [-0.05, 0) is 13.0 Å². The molecule has 0 atom stereocenters. The molecule has 3 heterocycles. The number of nitro groups is 1. The van der Waals surface area contributed by atoms with E-state index in [4.69, 9.17) is 0 Å². The van der Waals surface area contributed by atoms with Crippen LogP contribution in [0.5, 0.6) is 0 Å². The molecule has 0 aliphatic rings. The highest BCUT2D eigenvalue weighted by Crippen LogP contribution is 2.25. The molecule has 1 aromatic carbocycles. The quantitative estimate of drug-likeness (QED) is 0.336. The molecule has 130 valence electrons. The summed E-state index contributed by atoms with van der Waals surface area (Å²) in [4.78, 5) is 15.5. The minimum absolute atomic E-state index is 0.0504. The Morgan fingerprint density at radius 3 is 2.92 bits per heavy atom. The van der Waals surface area contributed by atoms with Crippen LogP contribution < -0.4 is 5.43 Å². The second-order valence-corrected chi connectivity index (χ2v) is 6.53. The molecule has 0 spiro atoms. The van der Waals surface area contributed by atoms with E-state index in [1.807, 2.05) is 35.9 Å². The van der Waals surface area contributed by atoms with Crippen molar-refractivity contribution in [2.75, 3.05) is 5.43 Å². The number of aromatic nitrogens is 4. The monoisotopic (exact) mass is 367 g/mol. The first-order valence-electron chi connectivity index (χ1n) is 7.66. The second-order valence-electron chi connectivity index (χ2n) is 5.62. The molecule has 26 heavy (non-hydrogen) atoms. The van der Waals surface area contributed by atoms with Crippen LogP contribution in [-0.4, -0.2) is 30.4 Å². The van der Waals surface area contributed by atoms with Crippen LogP contribution in [0.4, 0.5) is 11.6 Å². The summed E-state index contributed by atoms with van der Waals surface area (Å²) < 4.78 is 1.95. The van der Waals surface area contributed by atoms with Crippen molar-refractivity contribution in [3.8, 4) is 0 Å². The minimum Gasteiger partial charge on any atom is -0.327 e. The van der Waals surface area contributed by atoms with E-state index in [9.17, 15) is 10.1 Å². The first kappa shape index (κ1) is 16.1. The zero-order chi connectivity index (χ0) is 18.3. The fourth-order valence-corrected chi connectivity index (χ4v) is 3.46. The lowest BCUT2D eigenvalue weighted by Gasteiger charge is -2.01. The summed E-state index contributed by atoms with van der Waals surface area (Å²) in [7, 11) is 1.92. The highest BCUT2D eigenvalue weighted by molar-refractivity contribution is 7.12. The van der Waals surface area contributed by atoms with Crippen molar-refractivity contribution in [3.05, 3.63) is 50.7 Å². The molecule has 3 aromatic heterocycles. The van der Waals surface area contributed by atoms with Crippen LogP contribution in [0.2, 0.25) is 0 Å². The average molecular weight is 367 g/mol. The van der Waals surface area contributed by atoms with E-state index >= 15 is 0 Å². The summed E-state index contributed by atoms with van der Waals surface area (Å²) >= 11 is 1.26. The largest absolute Gasteiger partial charge is 0.327 e. The van der Waals surface area contributed by atoms with Crippen LogP contribution in [0.1, 0.15) is 11.8 Å². The van der Waals surface area contributed by atoms with Gasteiger partial charge in [0.05, 0.1) is 26.4 Å². The number of rotatable bonds is 4. The number of nitrogens with zero attached hydrogens (tertiary/aromatic N) is 6. The fraction of sp³-hybridized carbons (Fsp3) is 0.125. The Kier molecular flexibility index (Phi) is 3.81. The molecular weight excluding hydrogens is 354 g/mol. The molecule has 0 radical (unpaired) electrons. The molecule has 0 saturated carbocycles. The van der Waals surface area contributed by atoms with Gasteiger partial charge in [-0.3, -0.25) is 10.1 Å². The Bertz CT molecular complexity index is 1180. The predicted octanol–water partition coefficient (Wildman–Crippen LogP) is 3.32. The molecule has 0 unspecified atom stereocenters. The average Bonchev–Trinajstić information content (AvgIpc) is 3.25. The zero-order valence-electron chi connectivity index (χ0n) is 13.9. The van der Waals surface area contributed by atoms with Gasteiger partial charge in [0.25, 0.3) is 11.6 Å². The minimum atomic E-state index is -0.429. The molecule has 0 bridgehead atoms. The summed E-state index contributed by atoms with van der Waals surface area (Å²) in [5, 5.41) is 25.8. The Morgan fingerprint density at radius 2 is 2.15 bits per heavy atom. The van der Waals surface area contributed by atoms with Crippen molar-refractivity contribution >= 4 is 50.8 Å². The van der Waals surface area contributed by atoms with Crippen LogP contribution >= 0.6 is 11.3 Å². The molecule has 4 aromatic rings. The molecule has 10 heteroatoms. The lowest BCUT2D eigenvalue weighted by molar-refractivity contribution is -0.384. The van der Waals surface area contributed by atoms with Gasteiger partial charge < -0.3 is 4.57 Å². The summed E-state index contributed by atoms with van der Waals surface area (Å²) in [6.07, 6.45) is 0. The molecule has 0 fully saturated rings. The number of anilines is 1. The van der Waals surface area contributed by atoms with Crippen molar-refractivity contribution < 1.29 is 4.92 Å². The van der Waals surface area contributed by atoms with Crippen LogP contribution in [-0.2, 0) is 7.05 Å². The van der Waals surface area contributed by atoms with Gasteiger partial charge in [0.1, 0.15) is 5.52 Å². The molecule has 0 amide bonds. The first-order valence-corrected chi connectivity index (χ1v) is 8.54. The number of aryl methyl sites for hydroxylation is 1. The molecule has 9 nitrogen and oxygen atoms in total. The van der Waals surface area contributed by atoms with Crippen LogP contribution in [0.3, 0.4) is 0 Å². The first-order chi connectivity index (χ1) is 12.5. The Morgan fingerprint density at radius 1 is 1.35 bits per heavy atom. The summed E-state index contributed by atoms with van der Waals surface area (Å²) in [6, 6.07) is 9.37. The lowest BCUT2D eigenvalue weighted by Crippen LogP contribution is -2.03. The molecule has 0 aliphatic heterocycles. The number of thiophene rings is 1. The fourth-order valence-electron chi connectivity index (χ4n) is 2.65. The summed E-state index contributed by atoms with van der Waals surface area (Å²) in [5.41, 5.74) is 5.87. The van der Waals surface area contributed by atoms with E-state index in [0.717, 1.165) is 16.4 Å². The van der Waals surface area contributed by atoms with Gasteiger partial charge in [0, 0.05) is 18.5 Å². The zero-order valence-corrected chi connectivity index (χ0v) is 14.7. The van der Waals surface area contributed by atoms with Gasteiger partial charge in [-0.15, -0.1) is 21.5 Å². The lowest BCUT2D eigenvalue weighted by atomic mass is 10.2. The highest BCUT2D eigenvalue weighted by atomic mass is 32.1. The van der Waals surface area contributed by atoms with E-state index in [1.165, 1.54) is 22.8 Å². The van der Waals surface area contributed by atoms with Gasteiger partial charge in [-0.2, -0.15) is 10.1 Å². The van der Waals surface area contributed by atoms with Crippen molar-refractivity contribution in [1.82, 2.24) is 19.7 Å². The third kappa shape index (κ3) is 2.65. The van der Waals surface area contributed by atoms with E-state index in [0.29, 0.717) is 16.2 Å². The number of nitrogens with one attached hydrogen (secondary N) is 1. The van der Waals surface area contributed by atoms with E-state index in [1.54, 1.807) is 6.92 Å². The Balaban J connectivity index is 1.65. The third-order valence-corrected chi connectivity index (χ3v) is 5.01. The third-order valence-electron chi connectivity index (χ3n) is 3.98. The number of para-hydroxylation sites is 1. The maximum Gasteiger partial charge on any atom is 0.280 e. The van der Waals surface area contributed by atoms with Crippen molar-refractivity contribution in [1.29, 1.82) is 0 Å². The van der Waals surface area contributed by atoms with Gasteiger partial charge in [0.2, 0.25) is 0 Å². The smallest absolute Gasteiger partial charge is 0.280 e. The summed E-state index contributed by atoms with van der Waals surface area (Å²) in [6.45, 7) is 1.76. The van der Waals surface area contributed by atoms with Gasteiger partial charge in [-0.25, -0.2) is 5.43 Å². The Labute approximate surface area is 151 Å². The highest BCUT2D eigenvalue weighted by Gasteiger charge is 2.13. The van der Waals surface area contributed by atoms with E-state index in [-0.39, 0.29) is 11.6 Å². The Hall–Kier alpha value is -3.40. The van der Waals surface area contributed by atoms with Crippen LogP contribution in [0.25, 0.3) is 22.1 Å². The van der Waals surface area contributed by atoms with Gasteiger partial charge in [0.15, 0.2) is 5.65 Å². The topological polar surface area (TPSA) is 111 Å². The maximum absolute atomic E-state index is 10.8. The number of benzene rings is 1. The van der Waals surface area contributed by atoms with Crippen LogP contribution in [0, 0.1) is 10.1 Å². The van der Waals surface area contributed by atoms with E-state index in [2.05, 4.69) is 25.7 Å². The number of fused-ring (bicyclic) bond motifs is 3. The SMILES string of the molecule is C/C(=N\Nc1nnc2c3ccccc3n(C)c2n1)c1cc([N+](=O)[O-])cs1. The molecule has 0 aliphatic carbocycles. The molecule has 4 rings (SSSR count). The number of hydrogen-bond acceptors (Lipinski definition) is 8. The van der Waals surface area contributed by atoms with Crippen molar-refractivity contribution in [3.63, 3.8) is 0 Å². The standard InChI is InChI=1S/C16H13N7O2S/c1-9(13-7-10(8-26-13)23(24)25)18-20-16-17-15-14(19-21-16)11-5-3-4-6-12(11)22(15)2/h3-8H,1-2H3,(H,17,20,21)/b18-9+. The van der Waals surface area contributed by atoms with Crippen LogP contribution in [0.15, 0.2) is 40.8 Å². The van der Waals surface area contributed by atoms with E-state index < -0.39 is 4.92 Å². The van der Waals surface area contributed by atoms with Gasteiger partial charge in [-0.1, -0.05) is 18.2 Å². The molecular formula is C16H13N7O2S. The number of hydrogen-bond donors (Lipinski definition) is 1. The molecule has 0 saturated heterocycles. The van der Waals surface area contributed by atoms with Crippen molar-refractivity contribution in [2.24, 2.45) is 12.1 Å². The van der Waals surface area contributed by atoms with Gasteiger partial charge >= 0.3 is 0 Å². The second kappa shape index (κ2) is 6.15. The number of hydrazone groups is 1. The van der Waals surface area contributed by atoms with Crippen molar-refractivity contribution in [2.45, 2.75) is 6.92 Å². The predicted molar refractivity (Wildman–Crippen MR) is 101 cm³/mol. The summed E-state index contributed by atoms with van der Waals surface area (Å²) in [5.74, 6) is 0.258. The maximum atomic E-state index is 10.8.